The fourth-order valence-corrected chi connectivity index (χ4v) is 6.57. The van der Waals surface area contributed by atoms with Gasteiger partial charge in [0, 0.05) is 13.0 Å². The summed E-state index contributed by atoms with van der Waals surface area (Å²) in [6.45, 7) is 9.77. The molecule has 2 aromatic rings. The van der Waals surface area contributed by atoms with Crippen LogP contribution in [-0.4, -0.2) is 114 Å². The SMILES string of the molecule is CC(C)C[C@H](NC(=O)[C@H](Cc1ccccc1)NC(=O)[C@H](CCCN=C(N)N)NC(=O)[C@H](CC(C)C)NC(=O)[C@@H](NC(=O)CNC(=O)CNC(=O)[C@@H](N)Cc1ccccc1)C(C)C)C(=O)O. The van der Waals surface area contributed by atoms with Gasteiger partial charge in [0.05, 0.1) is 19.1 Å². The van der Waals surface area contributed by atoms with E-state index in [2.05, 4.69) is 42.2 Å². The molecule has 0 aliphatic rings. The second-order valence-corrected chi connectivity index (χ2v) is 17.1. The Kier molecular flexibility index (Phi) is 23.7. The molecule has 65 heavy (non-hydrogen) atoms. The fraction of sp³-hybridized carbons (Fsp3) is 0.533. The topological polar surface area (TPSA) is 331 Å². The van der Waals surface area contributed by atoms with Gasteiger partial charge in [-0.25, -0.2) is 4.79 Å². The number of guanidine groups is 1. The van der Waals surface area contributed by atoms with Crippen molar-refractivity contribution in [2.24, 2.45) is 39.9 Å². The third-order valence-corrected chi connectivity index (χ3v) is 9.93. The second kappa shape index (κ2) is 28.3. The number of nitrogens with zero attached hydrogens (tertiary/aromatic N) is 1. The van der Waals surface area contributed by atoms with Crippen LogP contribution in [0, 0.1) is 17.8 Å². The maximum atomic E-state index is 14.1. The number of carboxylic acids is 1. The van der Waals surface area contributed by atoms with Gasteiger partial charge < -0.3 is 59.5 Å². The zero-order valence-corrected chi connectivity index (χ0v) is 38.2. The van der Waals surface area contributed by atoms with Crippen LogP contribution in [0.3, 0.4) is 0 Å². The van der Waals surface area contributed by atoms with E-state index in [4.69, 9.17) is 17.2 Å². The molecule has 2 rings (SSSR count). The number of aliphatic carboxylic acids is 1. The number of aliphatic imine (C=N–C) groups is 1. The predicted molar refractivity (Wildman–Crippen MR) is 245 cm³/mol. The highest BCUT2D eigenvalue weighted by molar-refractivity contribution is 5.97. The predicted octanol–water partition coefficient (Wildman–Crippen LogP) is -0.658. The van der Waals surface area contributed by atoms with Gasteiger partial charge in [0.2, 0.25) is 41.4 Å². The molecule has 0 bridgehead atoms. The molecule has 0 saturated carbocycles. The number of amides is 7. The lowest BCUT2D eigenvalue weighted by Crippen LogP contribution is -2.60. The number of hydrogen-bond acceptors (Lipinski definition) is 10. The largest absolute Gasteiger partial charge is 0.480 e. The van der Waals surface area contributed by atoms with Crippen LogP contribution < -0.4 is 54.4 Å². The van der Waals surface area contributed by atoms with Crippen molar-refractivity contribution < 1.29 is 43.5 Å². The van der Waals surface area contributed by atoms with Gasteiger partial charge in [-0.15, -0.1) is 0 Å². The van der Waals surface area contributed by atoms with Crippen molar-refractivity contribution in [3.05, 3.63) is 71.8 Å². The Labute approximate surface area is 380 Å². The first-order valence-electron chi connectivity index (χ1n) is 21.8. The number of rotatable bonds is 28. The first kappa shape index (κ1) is 54.6. The van der Waals surface area contributed by atoms with E-state index < -0.39 is 103 Å². The molecule has 20 nitrogen and oxygen atoms in total. The lowest BCUT2D eigenvalue weighted by atomic mass is 9.99. The Balaban J connectivity index is 2.20. The third kappa shape index (κ3) is 21.6. The van der Waals surface area contributed by atoms with E-state index in [9.17, 15) is 43.5 Å². The average Bonchev–Trinajstić information content (AvgIpc) is 3.24. The lowest BCUT2D eigenvalue weighted by molar-refractivity contribution is -0.142. The monoisotopic (exact) mass is 908 g/mol. The third-order valence-electron chi connectivity index (χ3n) is 9.93. The summed E-state index contributed by atoms with van der Waals surface area (Å²) in [4.78, 5) is 109. The molecule has 2 aromatic carbocycles. The summed E-state index contributed by atoms with van der Waals surface area (Å²) in [5.41, 5.74) is 18.5. The van der Waals surface area contributed by atoms with E-state index in [1.54, 1.807) is 44.2 Å². The Morgan fingerprint density at radius 2 is 1.05 bits per heavy atom. The van der Waals surface area contributed by atoms with Gasteiger partial charge >= 0.3 is 5.97 Å². The molecule has 14 N–H and O–H groups in total. The van der Waals surface area contributed by atoms with Gasteiger partial charge in [0.1, 0.15) is 30.2 Å². The van der Waals surface area contributed by atoms with E-state index in [0.29, 0.717) is 5.56 Å². The molecule has 0 aromatic heterocycles. The molecule has 6 atom stereocenters. The number of benzene rings is 2. The number of carboxylic acid groups (broad SMARTS) is 1. The molecule has 20 heteroatoms. The van der Waals surface area contributed by atoms with Crippen LogP contribution in [0.4, 0.5) is 0 Å². The summed E-state index contributed by atoms with van der Waals surface area (Å²) in [6.07, 6.45) is 0.750. The summed E-state index contributed by atoms with van der Waals surface area (Å²) >= 11 is 0. The van der Waals surface area contributed by atoms with Gasteiger partial charge in [-0.3, -0.25) is 38.6 Å². The highest BCUT2D eigenvalue weighted by Crippen LogP contribution is 2.12. The Morgan fingerprint density at radius 3 is 1.58 bits per heavy atom. The number of nitrogens with two attached hydrogens (primary N) is 3. The Bertz CT molecular complexity index is 1910. The van der Waals surface area contributed by atoms with E-state index in [-0.39, 0.29) is 62.9 Å². The van der Waals surface area contributed by atoms with E-state index in [1.807, 2.05) is 58.0 Å². The van der Waals surface area contributed by atoms with Crippen molar-refractivity contribution >= 4 is 53.3 Å². The summed E-state index contributed by atoms with van der Waals surface area (Å²) in [5.74, 6) is -6.95. The van der Waals surface area contributed by atoms with Gasteiger partial charge in [-0.05, 0) is 61.0 Å². The van der Waals surface area contributed by atoms with Crippen molar-refractivity contribution in [1.29, 1.82) is 0 Å². The van der Waals surface area contributed by atoms with Crippen LogP contribution in [0.1, 0.15) is 78.4 Å². The number of carbonyl (C=O) groups excluding carboxylic acids is 7. The molecule has 0 radical (unpaired) electrons. The maximum Gasteiger partial charge on any atom is 0.326 e. The molecule has 0 aliphatic carbocycles. The van der Waals surface area contributed by atoms with Crippen molar-refractivity contribution in [2.75, 3.05) is 19.6 Å². The smallest absolute Gasteiger partial charge is 0.326 e. The molecule has 0 unspecified atom stereocenters. The van der Waals surface area contributed by atoms with E-state index in [1.165, 1.54) is 0 Å². The first-order chi connectivity index (χ1) is 30.7. The molecule has 0 aliphatic heterocycles. The minimum atomic E-state index is -1.27. The maximum absolute atomic E-state index is 14.1. The molecule has 0 saturated heterocycles. The van der Waals surface area contributed by atoms with Gasteiger partial charge in [-0.1, -0.05) is 102 Å². The summed E-state index contributed by atoms with van der Waals surface area (Å²) < 4.78 is 0. The molecule has 0 spiro atoms. The van der Waals surface area contributed by atoms with Crippen LogP contribution in [0.25, 0.3) is 0 Å². The number of carbonyl (C=O) groups is 8. The van der Waals surface area contributed by atoms with Crippen molar-refractivity contribution in [2.45, 2.75) is 116 Å². The van der Waals surface area contributed by atoms with Gasteiger partial charge in [0.25, 0.3) is 0 Å². The molecule has 0 fully saturated rings. The van der Waals surface area contributed by atoms with Crippen molar-refractivity contribution in [3.8, 4) is 0 Å². The summed E-state index contributed by atoms with van der Waals surface area (Å²) in [5, 5.41) is 27.9. The minimum Gasteiger partial charge on any atom is -0.480 e. The normalized spacial score (nSPS) is 13.8. The van der Waals surface area contributed by atoms with Crippen LogP contribution >= 0.6 is 0 Å². The van der Waals surface area contributed by atoms with Crippen LogP contribution in [0.2, 0.25) is 0 Å². The van der Waals surface area contributed by atoms with Gasteiger partial charge in [-0.2, -0.15) is 0 Å². The highest BCUT2D eigenvalue weighted by Gasteiger charge is 2.34. The highest BCUT2D eigenvalue weighted by atomic mass is 16.4. The van der Waals surface area contributed by atoms with E-state index >= 15 is 0 Å². The lowest BCUT2D eigenvalue weighted by Gasteiger charge is -2.28. The molecular weight excluding hydrogens is 839 g/mol. The number of nitrogens with one attached hydrogen (secondary N) is 7. The second-order valence-electron chi connectivity index (χ2n) is 17.1. The Hall–Kier alpha value is -6.57. The Morgan fingerprint density at radius 1 is 0.569 bits per heavy atom. The van der Waals surface area contributed by atoms with Crippen molar-refractivity contribution in [1.82, 2.24) is 37.2 Å². The van der Waals surface area contributed by atoms with Crippen LogP contribution in [0.15, 0.2) is 65.7 Å². The fourth-order valence-electron chi connectivity index (χ4n) is 6.57. The van der Waals surface area contributed by atoms with Gasteiger partial charge in [0.15, 0.2) is 5.96 Å². The van der Waals surface area contributed by atoms with Crippen LogP contribution in [0.5, 0.6) is 0 Å². The van der Waals surface area contributed by atoms with E-state index in [0.717, 1.165) is 5.56 Å². The zero-order chi connectivity index (χ0) is 48.6. The molecule has 0 heterocycles. The molecular formula is C45H69N11O9. The standard InChI is InChI=1S/C45H69N11O9/c1-26(2)20-33(54-43(63)38(28(5)6)56-37(58)25-50-36(57)24-51-39(59)31(46)22-29-14-9-7-10-15-29)41(61)52-32(18-13-19-49-45(47)48)40(60)53-34(23-30-16-11-8-12-17-30)42(62)55-35(44(64)65)21-27(3)4/h7-12,14-17,26-28,31-35,38H,13,18-25,46H2,1-6H3,(H,50,57)(H,51,59)(H,52,61)(H,53,60)(H,54,63)(H,55,62)(H,56,58)(H,64,65)(H4,47,48,49)/t31-,32-,33-,34-,35-,38-/m0/s1. The quantitative estimate of drug-likeness (QED) is 0.0288. The minimum absolute atomic E-state index is 0.000416. The zero-order valence-electron chi connectivity index (χ0n) is 38.2. The number of hydrogen-bond donors (Lipinski definition) is 11. The van der Waals surface area contributed by atoms with Crippen molar-refractivity contribution in [3.63, 3.8) is 0 Å². The average molecular weight is 908 g/mol. The molecule has 7 amide bonds. The van der Waals surface area contributed by atoms with Crippen LogP contribution in [-0.2, 0) is 51.2 Å². The summed E-state index contributed by atoms with van der Waals surface area (Å²) in [6, 6.07) is 10.9. The first-order valence-corrected chi connectivity index (χ1v) is 21.8. The molecule has 358 valence electrons. The summed E-state index contributed by atoms with van der Waals surface area (Å²) in [7, 11) is 0.